The van der Waals surface area contributed by atoms with Crippen molar-refractivity contribution in [2.24, 2.45) is 5.92 Å². The van der Waals surface area contributed by atoms with Gasteiger partial charge in [0.2, 0.25) is 0 Å². The molecule has 2 atom stereocenters. The molecule has 1 saturated carbocycles. The summed E-state index contributed by atoms with van der Waals surface area (Å²) in [6.07, 6.45) is 1.57. The van der Waals surface area contributed by atoms with Crippen LogP contribution >= 0.6 is 0 Å². The van der Waals surface area contributed by atoms with E-state index in [9.17, 15) is 19.5 Å². The minimum atomic E-state index is -1.57. The highest BCUT2D eigenvalue weighted by molar-refractivity contribution is 5.83. The van der Waals surface area contributed by atoms with Gasteiger partial charge in [-0.05, 0) is 60.3 Å². The zero-order chi connectivity index (χ0) is 24.0. The van der Waals surface area contributed by atoms with Gasteiger partial charge in [0.1, 0.15) is 11.2 Å². The SMILES string of the molecule is CC(C)[C@H](C(O)C(=O)NC1CCCCC1)N(NC(=O)OC(C)(C)C)C(=O)OC(C)(C)C. The lowest BCUT2D eigenvalue weighted by molar-refractivity contribution is -0.136. The van der Waals surface area contributed by atoms with Crippen molar-refractivity contribution >= 4 is 18.1 Å². The minimum absolute atomic E-state index is 0.00231. The summed E-state index contributed by atoms with van der Waals surface area (Å²) in [5, 5.41) is 14.6. The summed E-state index contributed by atoms with van der Waals surface area (Å²) < 4.78 is 10.7. The molecule has 1 aliphatic rings. The Balaban J connectivity index is 3.09. The molecular formula is C22H41N3O6. The van der Waals surface area contributed by atoms with Crippen molar-refractivity contribution in [1.29, 1.82) is 0 Å². The molecule has 0 spiro atoms. The lowest BCUT2D eigenvalue weighted by atomic mass is 9.93. The molecule has 3 amide bonds. The Kier molecular flexibility index (Phi) is 9.60. The third-order valence-electron chi connectivity index (χ3n) is 4.73. The van der Waals surface area contributed by atoms with Crippen molar-refractivity contribution in [2.75, 3.05) is 0 Å². The van der Waals surface area contributed by atoms with E-state index >= 15 is 0 Å². The zero-order valence-corrected chi connectivity index (χ0v) is 20.3. The van der Waals surface area contributed by atoms with Gasteiger partial charge in [-0.1, -0.05) is 33.1 Å². The smallest absolute Gasteiger partial charge is 0.429 e. The minimum Gasteiger partial charge on any atom is -0.443 e. The monoisotopic (exact) mass is 443 g/mol. The normalized spacial score (nSPS) is 17.5. The van der Waals surface area contributed by atoms with Crippen molar-refractivity contribution in [2.45, 2.75) is 117 Å². The Morgan fingerprint density at radius 2 is 1.45 bits per heavy atom. The summed E-state index contributed by atoms with van der Waals surface area (Å²) in [6, 6.07) is -1.07. The van der Waals surface area contributed by atoms with Crippen molar-refractivity contribution in [3.63, 3.8) is 0 Å². The van der Waals surface area contributed by atoms with Crippen LogP contribution in [0, 0.1) is 5.92 Å². The molecule has 0 aromatic carbocycles. The third kappa shape index (κ3) is 9.76. The number of hydrogen-bond acceptors (Lipinski definition) is 6. The number of carbonyl (C=O) groups excluding carboxylic acids is 3. The van der Waals surface area contributed by atoms with E-state index in [0.29, 0.717) is 0 Å². The van der Waals surface area contributed by atoms with Crippen LogP contribution < -0.4 is 10.7 Å². The number of nitrogens with zero attached hydrogens (tertiary/aromatic N) is 1. The molecule has 0 aromatic heterocycles. The Morgan fingerprint density at radius 3 is 1.90 bits per heavy atom. The molecule has 9 heteroatoms. The lowest BCUT2D eigenvalue weighted by Crippen LogP contribution is -2.62. The molecule has 1 unspecified atom stereocenters. The van der Waals surface area contributed by atoms with Gasteiger partial charge in [-0.25, -0.2) is 20.0 Å². The number of aliphatic hydroxyl groups excluding tert-OH is 1. The van der Waals surface area contributed by atoms with E-state index in [0.717, 1.165) is 37.1 Å². The van der Waals surface area contributed by atoms with Crippen LogP contribution in [0.15, 0.2) is 0 Å². The van der Waals surface area contributed by atoms with Gasteiger partial charge in [-0.3, -0.25) is 4.79 Å². The lowest BCUT2D eigenvalue weighted by Gasteiger charge is -2.38. The summed E-state index contributed by atoms with van der Waals surface area (Å²) in [4.78, 5) is 38.1. The first-order valence-electron chi connectivity index (χ1n) is 11.1. The Morgan fingerprint density at radius 1 is 0.935 bits per heavy atom. The van der Waals surface area contributed by atoms with Crippen LogP contribution in [-0.2, 0) is 14.3 Å². The third-order valence-corrected chi connectivity index (χ3v) is 4.73. The average molecular weight is 444 g/mol. The molecule has 0 aromatic rings. The van der Waals surface area contributed by atoms with Crippen LogP contribution in [-0.4, -0.2) is 57.6 Å². The van der Waals surface area contributed by atoms with Gasteiger partial charge in [0.25, 0.3) is 5.91 Å². The summed E-state index contributed by atoms with van der Waals surface area (Å²) >= 11 is 0. The molecule has 3 N–H and O–H groups in total. The van der Waals surface area contributed by atoms with Gasteiger partial charge in [0.05, 0.1) is 6.04 Å². The molecule has 1 rings (SSSR count). The van der Waals surface area contributed by atoms with E-state index < -0.39 is 41.4 Å². The largest absolute Gasteiger partial charge is 0.443 e. The topological polar surface area (TPSA) is 117 Å². The number of hydrogen-bond donors (Lipinski definition) is 3. The maximum Gasteiger partial charge on any atom is 0.429 e. The van der Waals surface area contributed by atoms with Crippen molar-refractivity contribution < 1.29 is 29.0 Å². The van der Waals surface area contributed by atoms with Gasteiger partial charge in [-0.15, -0.1) is 0 Å². The Hall–Kier alpha value is -2.03. The van der Waals surface area contributed by atoms with Crippen LogP contribution in [0.5, 0.6) is 0 Å². The first-order chi connectivity index (χ1) is 14.1. The van der Waals surface area contributed by atoms with Crippen molar-refractivity contribution in [3.8, 4) is 0 Å². The van der Waals surface area contributed by atoms with Crippen molar-refractivity contribution in [1.82, 2.24) is 15.8 Å². The molecule has 0 aliphatic heterocycles. The highest BCUT2D eigenvalue weighted by Gasteiger charge is 2.40. The van der Waals surface area contributed by atoms with Crippen LogP contribution in [0.2, 0.25) is 0 Å². The van der Waals surface area contributed by atoms with Gasteiger partial charge in [0.15, 0.2) is 6.10 Å². The second kappa shape index (κ2) is 11.0. The van der Waals surface area contributed by atoms with Gasteiger partial charge < -0.3 is 19.9 Å². The van der Waals surface area contributed by atoms with E-state index in [1.54, 1.807) is 55.4 Å². The maximum atomic E-state index is 12.9. The predicted molar refractivity (Wildman–Crippen MR) is 117 cm³/mol. The Labute approximate surface area is 186 Å². The fourth-order valence-corrected chi connectivity index (χ4v) is 3.44. The van der Waals surface area contributed by atoms with Crippen LogP contribution in [0.25, 0.3) is 0 Å². The Bertz CT molecular complexity index is 618. The number of nitrogens with one attached hydrogen (secondary N) is 2. The molecule has 0 heterocycles. The van der Waals surface area contributed by atoms with E-state index in [-0.39, 0.29) is 12.0 Å². The summed E-state index contributed by atoms with van der Waals surface area (Å²) in [6.45, 7) is 13.6. The second-order valence-electron chi connectivity index (χ2n) is 10.5. The first-order valence-corrected chi connectivity index (χ1v) is 11.1. The molecule has 1 fully saturated rings. The molecule has 0 bridgehead atoms. The van der Waals surface area contributed by atoms with Gasteiger partial charge >= 0.3 is 12.2 Å². The van der Waals surface area contributed by atoms with E-state index in [1.165, 1.54) is 0 Å². The number of ether oxygens (including phenoxy) is 2. The molecule has 31 heavy (non-hydrogen) atoms. The molecule has 1 aliphatic carbocycles. The summed E-state index contributed by atoms with van der Waals surface area (Å²) in [5.41, 5.74) is 0.731. The van der Waals surface area contributed by atoms with Crippen molar-refractivity contribution in [3.05, 3.63) is 0 Å². The maximum absolute atomic E-state index is 12.9. The zero-order valence-electron chi connectivity index (χ0n) is 20.3. The molecule has 9 nitrogen and oxygen atoms in total. The molecule has 0 saturated heterocycles. The van der Waals surface area contributed by atoms with Crippen LogP contribution in [0.3, 0.4) is 0 Å². The van der Waals surface area contributed by atoms with E-state index in [1.807, 2.05) is 0 Å². The van der Waals surface area contributed by atoms with Crippen LogP contribution in [0.1, 0.15) is 87.5 Å². The number of hydrazine groups is 1. The second-order valence-corrected chi connectivity index (χ2v) is 10.5. The number of carbonyl (C=O) groups is 3. The van der Waals surface area contributed by atoms with Gasteiger partial charge in [0, 0.05) is 6.04 Å². The quantitative estimate of drug-likeness (QED) is 0.560. The first kappa shape index (κ1) is 27.0. The summed E-state index contributed by atoms with van der Waals surface area (Å²) in [7, 11) is 0. The standard InChI is InChI=1S/C22H41N3O6/c1-14(2)16(17(26)18(27)23-15-12-10-9-11-13-15)25(20(29)31-22(6,7)8)24-19(28)30-21(3,4)5/h14-17,26H,9-13H2,1-8H3,(H,23,27)(H,24,28)/t16-,17?/m1/s1. The van der Waals surface area contributed by atoms with E-state index in [2.05, 4.69) is 10.7 Å². The predicted octanol–water partition coefficient (Wildman–Crippen LogP) is 3.50. The summed E-state index contributed by atoms with van der Waals surface area (Å²) in [5.74, 6) is -0.959. The number of amides is 3. The fraction of sp³-hybridized carbons (Fsp3) is 0.864. The molecular weight excluding hydrogens is 402 g/mol. The molecule has 0 radical (unpaired) electrons. The number of rotatable bonds is 5. The highest BCUT2D eigenvalue weighted by atomic mass is 16.6. The van der Waals surface area contributed by atoms with Gasteiger partial charge in [-0.2, -0.15) is 0 Å². The number of aliphatic hydroxyl groups is 1. The average Bonchev–Trinajstić information content (AvgIpc) is 2.58. The van der Waals surface area contributed by atoms with E-state index in [4.69, 9.17) is 9.47 Å². The fourth-order valence-electron chi connectivity index (χ4n) is 3.44. The van der Waals surface area contributed by atoms with Crippen LogP contribution in [0.4, 0.5) is 9.59 Å². The highest BCUT2D eigenvalue weighted by Crippen LogP contribution is 2.21. The molecule has 180 valence electrons.